The summed E-state index contributed by atoms with van der Waals surface area (Å²) in [7, 11) is 0. The van der Waals surface area contributed by atoms with E-state index >= 15 is 0 Å². The number of carbonyl (C=O) groups is 3. The average molecular weight is 429 g/mol. The molecule has 8 heteroatoms. The Kier molecular flexibility index (Phi) is 6.18. The summed E-state index contributed by atoms with van der Waals surface area (Å²) in [6.45, 7) is 2.85. The van der Waals surface area contributed by atoms with Gasteiger partial charge in [-0.3, -0.25) is 19.1 Å². The zero-order valence-corrected chi connectivity index (χ0v) is 17.6. The topological polar surface area (TPSA) is 75.5 Å². The Morgan fingerprint density at radius 3 is 2.33 bits per heavy atom. The summed E-state index contributed by atoms with van der Waals surface area (Å²) >= 11 is 5.84. The molecule has 0 aliphatic carbocycles. The maximum atomic E-state index is 12.9. The van der Waals surface area contributed by atoms with Gasteiger partial charge in [-0.25, -0.2) is 0 Å². The molecule has 0 spiro atoms. The lowest BCUT2D eigenvalue weighted by Gasteiger charge is -2.35. The van der Waals surface area contributed by atoms with E-state index in [0.717, 1.165) is 31.5 Å². The smallest absolute Gasteiger partial charge is 0.257 e. The van der Waals surface area contributed by atoms with Crippen molar-refractivity contribution in [1.82, 2.24) is 19.6 Å². The minimum Gasteiger partial charge on any atom is -0.339 e. The van der Waals surface area contributed by atoms with Crippen LogP contribution in [0, 0.1) is 0 Å². The van der Waals surface area contributed by atoms with Gasteiger partial charge in [0.1, 0.15) is 0 Å². The third-order valence-electron chi connectivity index (χ3n) is 5.86. The number of piperazine rings is 1. The van der Waals surface area contributed by atoms with Crippen molar-refractivity contribution < 1.29 is 14.4 Å². The van der Waals surface area contributed by atoms with E-state index in [4.69, 9.17) is 11.6 Å². The number of halogens is 1. The minimum atomic E-state index is -0.0696. The fourth-order valence-corrected chi connectivity index (χ4v) is 4.21. The number of aryl methyl sites for hydroxylation is 1. The lowest BCUT2D eigenvalue weighted by molar-refractivity contribution is -0.132. The van der Waals surface area contributed by atoms with Crippen LogP contribution in [0.1, 0.15) is 52.1 Å². The first-order valence-corrected chi connectivity index (χ1v) is 10.8. The summed E-state index contributed by atoms with van der Waals surface area (Å²) in [6, 6.07) is 6.69. The second kappa shape index (κ2) is 9.00. The Labute approximate surface area is 180 Å². The maximum Gasteiger partial charge on any atom is 0.257 e. The van der Waals surface area contributed by atoms with Crippen LogP contribution in [0.15, 0.2) is 30.5 Å². The van der Waals surface area contributed by atoms with Gasteiger partial charge >= 0.3 is 0 Å². The number of amides is 2. The molecular formula is C22H25ClN4O3. The van der Waals surface area contributed by atoms with E-state index < -0.39 is 0 Å². The van der Waals surface area contributed by atoms with E-state index in [1.54, 1.807) is 40.3 Å². The highest BCUT2D eigenvalue weighted by molar-refractivity contribution is 6.30. The van der Waals surface area contributed by atoms with Crippen LogP contribution in [0.4, 0.5) is 0 Å². The fraction of sp³-hybridized carbons (Fsp3) is 0.455. The van der Waals surface area contributed by atoms with Crippen molar-refractivity contribution in [1.29, 1.82) is 0 Å². The molecule has 7 nitrogen and oxygen atoms in total. The molecule has 0 atom stereocenters. The Morgan fingerprint density at radius 2 is 1.60 bits per heavy atom. The number of fused-ring (bicyclic) bond motifs is 1. The normalized spacial score (nSPS) is 16.3. The van der Waals surface area contributed by atoms with Crippen LogP contribution in [-0.4, -0.2) is 63.4 Å². The van der Waals surface area contributed by atoms with Crippen LogP contribution in [0.3, 0.4) is 0 Å². The highest BCUT2D eigenvalue weighted by Gasteiger charge is 2.28. The van der Waals surface area contributed by atoms with Crippen molar-refractivity contribution in [3.05, 3.63) is 52.3 Å². The molecule has 0 saturated carbocycles. The zero-order valence-electron chi connectivity index (χ0n) is 16.8. The van der Waals surface area contributed by atoms with Crippen molar-refractivity contribution >= 4 is 29.2 Å². The molecule has 2 amide bonds. The number of ketones is 1. The highest BCUT2D eigenvalue weighted by Crippen LogP contribution is 2.20. The molecule has 30 heavy (non-hydrogen) atoms. The third kappa shape index (κ3) is 4.41. The second-order valence-corrected chi connectivity index (χ2v) is 8.22. The zero-order chi connectivity index (χ0) is 21.1. The number of carbonyl (C=O) groups excluding carboxylic acids is 3. The maximum absolute atomic E-state index is 12.9. The third-order valence-corrected chi connectivity index (χ3v) is 6.12. The molecule has 158 valence electrons. The van der Waals surface area contributed by atoms with E-state index in [1.807, 2.05) is 4.68 Å². The van der Waals surface area contributed by atoms with Crippen molar-refractivity contribution in [2.45, 2.75) is 38.6 Å². The SMILES string of the molecule is O=C(CCC(=O)N1CCN(C(=O)c2cnn3c2CCCC3)CC1)c1ccc(Cl)cc1. The van der Waals surface area contributed by atoms with Gasteiger partial charge in [-0.05, 0) is 43.5 Å². The van der Waals surface area contributed by atoms with Crippen LogP contribution < -0.4 is 0 Å². The number of hydrogen-bond donors (Lipinski definition) is 0. The number of aromatic nitrogens is 2. The number of hydrogen-bond acceptors (Lipinski definition) is 4. The van der Waals surface area contributed by atoms with Gasteiger partial charge in [0.25, 0.3) is 5.91 Å². The summed E-state index contributed by atoms with van der Waals surface area (Å²) < 4.78 is 1.94. The molecule has 3 heterocycles. The van der Waals surface area contributed by atoms with Gasteiger partial charge in [-0.2, -0.15) is 5.10 Å². The molecule has 0 bridgehead atoms. The number of nitrogens with zero attached hydrogens (tertiary/aromatic N) is 4. The van der Waals surface area contributed by atoms with Gasteiger partial charge < -0.3 is 9.80 Å². The van der Waals surface area contributed by atoms with Crippen LogP contribution in [-0.2, 0) is 17.8 Å². The molecule has 2 aliphatic rings. The molecule has 4 rings (SSSR count). The molecule has 1 aromatic heterocycles. The molecular weight excluding hydrogens is 404 g/mol. The van der Waals surface area contributed by atoms with Gasteiger partial charge in [-0.1, -0.05) is 11.6 Å². The van der Waals surface area contributed by atoms with E-state index in [2.05, 4.69) is 5.10 Å². The summed E-state index contributed by atoms with van der Waals surface area (Å²) in [5.41, 5.74) is 2.29. The molecule has 2 aromatic rings. The molecule has 2 aliphatic heterocycles. The van der Waals surface area contributed by atoms with Gasteiger partial charge in [0.05, 0.1) is 17.5 Å². The Hall–Kier alpha value is -2.67. The van der Waals surface area contributed by atoms with Crippen molar-refractivity contribution in [3.63, 3.8) is 0 Å². The first-order valence-electron chi connectivity index (χ1n) is 10.4. The summed E-state index contributed by atoms with van der Waals surface area (Å²) in [5.74, 6) is -0.115. The van der Waals surface area contributed by atoms with Gasteiger partial charge in [0, 0.05) is 56.2 Å². The summed E-state index contributed by atoms with van der Waals surface area (Å²) in [6.07, 6.45) is 5.10. The molecule has 1 saturated heterocycles. The predicted octanol–water partition coefficient (Wildman–Crippen LogP) is 2.82. The summed E-state index contributed by atoms with van der Waals surface area (Å²) in [5, 5.41) is 4.93. The molecule has 1 fully saturated rings. The van der Waals surface area contributed by atoms with Gasteiger partial charge in [-0.15, -0.1) is 0 Å². The average Bonchev–Trinajstić information content (AvgIpc) is 3.21. The van der Waals surface area contributed by atoms with Crippen molar-refractivity contribution in [2.75, 3.05) is 26.2 Å². The monoisotopic (exact) mass is 428 g/mol. The van der Waals surface area contributed by atoms with E-state index in [1.165, 1.54) is 0 Å². The van der Waals surface area contributed by atoms with Crippen LogP contribution in [0.5, 0.6) is 0 Å². The van der Waals surface area contributed by atoms with Crippen molar-refractivity contribution in [3.8, 4) is 0 Å². The lowest BCUT2D eigenvalue weighted by Crippen LogP contribution is -2.50. The number of Topliss-reactive ketones (excluding diaryl/α,β-unsaturated/α-hetero) is 1. The van der Waals surface area contributed by atoms with Crippen LogP contribution in [0.2, 0.25) is 5.02 Å². The second-order valence-electron chi connectivity index (χ2n) is 7.79. The molecule has 0 unspecified atom stereocenters. The van der Waals surface area contributed by atoms with E-state index in [-0.39, 0.29) is 30.4 Å². The van der Waals surface area contributed by atoms with Crippen LogP contribution >= 0.6 is 11.6 Å². The quantitative estimate of drug-likeness (QED) is 0.686. The van der Waals surface area contributed by atoms with Crippen molar-refractivity contribution in [2.24, 2.45) is 0 Å². The highest BCUT2D eigenvalue weighted by atomic mass is 35.5. The Bertz CT molecular complexity index is 946. The standard InChI is InChI=1S/C22H25ClN4O3/c23-17-6-4-16(5-7-17)20(28)8-9-21(29)25-11-13-26(14-12-25)22(30)18-15-24-27-10-2-1-3-19(18)27/h4-7,15H,1-3,8-14H2. The van der Waals surface area contributed by atoms with Gasteiger partial charge in [0.15, 0.2) is 5.78 Å². The first-order chi connectivity index (χ1) is 14.5. The van der Waals surface area contributed by atoms with Gasteiger partial charge in [0.2, 0.25) is 5.91 Å². The first kappa shape index (κ1) is 20.6. The van der Waals surface area contributed by atoms with E-state index in [0.29, 0.717) is 42.3 Å². The number of rotatable bonds is 5. The Morgan fingerprint density at radius 1 is 0.900 bits per heavy atom. The fourth-order valence-electron chi connectivity index (χ4n) is 4.09. The molecule has 0 N–H and O–H groups in total. The predicted molar refractivity (Wildman–Crippen MR) is 113 cm³/mol. The minimum absolute atomic E-state index is 0.00293. The largest absolute Gasteiger partial charge is 0.339 e. The summed E-state index contributed by atoms with van der Waals surface area (Å²) in [4.78, 5) is 41.2. The number of benzene rings is 1. The lowest BCUT2D eigenvalue weighted by atomic mass is 10.1. The Balaban J connectivity index is 1.27. The van der Waals surface area contributed by atoms with E-state index in [9.17, 15) is 14.4 Å². The van der Waals surface area contributed by atoms with Crippen LogP contribution in [0.25, 0.3) is 0 Å². The molecule has 1 aromatic carbocycles. The molecule has 0 radical (unpaired) electrons.